The molecule has 6 rings (SSSR count). The topological polar surface area (TPSA) is 139 Å². The normalized spacial score (nSPS) is 45.6. The third-order valence-corrected chi connectivity index (χ3v) is 11.7. The average Bonchev–Trinajstić information content (AvgIpc) is 3.26. The van der Waals surface area contributed by atoms with Gasteiger partial charge in [0.05, 0.1) is 37.7 Å². The van der Waals surface area contributed by atoms with Crippen LogP contribution in [0.2, 0.25) is 0 Å². The molecule has 3 saturated carbocycles. The molecule has 4 fully saturated rings. The first-order chi connectivity index (χ1) is 19.5. The molecular weight excluding hydrogens is 524 g/mol. The van der Waals surface area contributed by atoms with Crippen LogP contribution in [0, 0.1) is 22.7 Å². The Morgan fingerprint density at radius 2 is 1.78 bits per heavy atom. The Labute approximate surface area is 243 Å². The van der Waals surface area contributed by atoms with Crippen LogP contribution in [-0.2, 0) is 9.57 Å². The van der Waals surface area contributed by atoms with E-state index in [1.54, 1.807) is 18.4 Å². The van der Waals surface area contributed by atoms with Crippen molar-refractivity contribution in [1.29, 1.82) is 0 Å². The number of hydrogen-bond acceptors (Lipinski definition) is 9. The molecule has 5 aliphatic rings. The Bertz CT molecular complexity index is 1150. The molecule has 1 aromatic heterocycles. The zero-order chi connectivity index (χ0) is 29.7. The summed E-state index contributed by atoms with van der Waals surface area (Å²) in [5, 5.41) is 35.2. The molecule has 11 atom stereocenters. The highest BCUT2D eigenvalue weighted by molar-refractivity contribution is 5.31. The smallest absolute Gasteiger partial charge is 0.335 e. The van der Waals surface area contributed by atoms with E-state index in [1.807, 2.05) is 19.9 Å². The molecule has 230 valence electrons. The Balaban J connectivity index is 0.00000165. The van der Waals surface area contributed by atoms with Gasteiger partial charge in [0.2, 0.25) is 0 Å². The minimum Gasteiger partial charge on any atom is -0.431 e. The molecule has 9 nitrogen and oxygen atoms in total. The first-order valence-corrected chi connectivity index (χ1v) is 15.6. The molecule has 41 heavy (non-hydrogen) atoms. The number of ether oxygens (including phenoxy) is 1. The molecule has 9 heteroatoms. The van der Waals surface area contributed by atoms with E-state index in [0.717, 1.165) is 56.9 Å². The van der Waals surface area contributed by atoms with Crippen LogP contribution in [-0.4, -0.2) is 70.2 Å². The summed E-state index contributed by atoms with van der Waals surface area (Å²) in [6.45, 7) is 8.78. The van der Waals surface area contributed by atoms with Gasteiger partial charge in [-0.1, -0.05) is 39.3 Å². The standard InChI is InChI=1S/C30H44N2O7.C2H6/c1-28-11-8-19(32(37-3)27-26(35)25(34)23(31)16-39-27)14-18(28)5-6-22-21(28)9-12-29(2)20(10-13-30(22,29)36)17-4-7-24(33)38-15-17;1-2/h4,7,14-15,19-23,25-27,34-36H,5-6,8-13,16,31H2,1-3H3;1-2H3. The van der Waals surface area contributed by atoms with E-state index in [4.69, 9.17) is 19.7 Å². The van der Waals surface area contributed by atoms with Crippen molar-refractivity contribution >= 4 is 0 Å². The van der Waals surface area contributed by atoms with Crippen molar-refractivity contribution in [3.63, 3.8) is 0 Å². The van der Waals surface area contributed by atoms with Crippen molar-refractivity contribution in [2.24, 2.45) is 28.4 Å². The van der Waals surface area contributed by atoms with Crippen LogP contribution in [0.3, 0.4) is 0 Å². The predicted molar refractivity (Wildman–Crippen MR) is 155 cm³/mol. The summed E-state index contributed by atoms with van der Waals surface area (Å²) in [6.07, 6.45) is 8.15. The number of nitrogens with two attached hydrogens (primary N) is 1. The van der Waals surface area contributed by atoms with Gasteiger partial charge >= 0.3 is 5.63 Å². The number of fused-ring (bicyclic) bond motifs is 5. The molecule has 0 bridgehead atoms. The fraction of sp³-hybridized carbons (Fsp3) is 0.781. The highest BCUT2D eigenvalue weighted by Crippen LogP contribution is 2.70. The quantitative estimate of drug-likeness (QED) is 0.315. The lowest BCUT2D eigenvalue weighted by Crippen LogP contribution is -2.63. The fourth-order valence-electron chi connectivity index (χ4n) is 9.46. The number of hydroxylamine groups is 2. The fourth-order valence-corrected chi connectivity index (χ4v) is 9.46. The van der Waals surface area contributed by atoms with Crippen LogP contribution in [0.25, 0.3) is 0 Å². The van der Waals surface area contributed by atoms with Crippen molar-refractivity contribution in [3.8, 4) is 0 Å². The third-order valence-electron chi connectivity index (χ3n) is 11.7. The minimum atomic E-state index is -1.16. The lowest BCUT2D eigenvalue weighted by atomic mass is 9.45. The van der Waals surface area contributed by atoms with Crippen molar-refractivity contribution in [3.05, 3.63) is 46.0 Å². The van der Waals surface area contributed by atoms with Gasteiger partial charge in [0.1, 0.15) is 12.2 Å². The van der Waals surface area contributed by atoms with Crippen LogP contribution in [0.4, 0.5) is 0 Å². The van der Waals surface area contributed by atoms with Gasteiger partial charge in [0.25, 0.3) is 0 Å². The molecule has 1 aliphatic heterocycles. The summed E-state index contributed by atoms with van der Waals surface area (Å²) in [6, 6.07) is 2.66. The van der Waals surface area contributed by atoms with Gasteiger partial charge in [-0.15, -0.1) is 0 Å². The Morgan fingerprint density at radius 3 is 2.46 bits per heavy atom. The number of rotatable bonds is 4. The largest absolute Gasteiger partial charge is 0.431 e. The van der Waals surface area contributed by atoms with Gasteiger partial charge in [-0.3, -0.25) is 4.84 Å². The Hall–Kier alpha value is -1.59. The second-order valence-corrected chi connectivity index (χ2v) is 13.2. The molecule has 0 spiro atoms. The van der Waals surface area contributed by atoms with E-state index in [9.17, 15) is 20.1 Å². The van der Waals surface area contributed by atoms with E-state index >= 15 is 0 Å². The van der Waals surface area contributed by atoms with E-state index in [0.29, 0.717) is 5.92 Å². The van der Waals surface area contributed by atoms with Gasteiger partial charge in [-0.05, 0) is 86.2 Å². The summed E-state index contributed by atoms with van der Waals surface area (Å²) in [4.78, 5) is 17.3. The van der Waals surface area contributed by atoms with Crippen LogP contribution in [0.5, 0.6) is 0 Å². The molecule has 4 aliphatic carbocycles. The zero-order valence-corrected chi connectivity index (χ0v) is 25.3. The van der Waals surface area contributed by atoms with E-state index in [1.165, 1.54) is 11.6 Å². The maximum atomic E-state index is 12.5. The summed E-state index contributed by atoms with van der Waals surface area (Å²) >= 11 is 0. The van der Waals surface area contributed by atoms with Crippen LogP contribution in [0.15, 0.2) is 39.3 Å². The molecule has 5 N–H and O–H groups in total. The van der Waals surface area contributed by atoms with Crippen LogP contribution < -0.4 is 11.4 Å². The van der Waals surface area contributed by atoms with Crippen LogP contribution in [0.1, 0.15) is 90.5 Å². The minimum absolute atomic E-state index is 0.0125. The molecule has 2 heterocycles. The zero-order valence-electron chi connectivity index (χ0n) is 25.3. The molecular formula is C32H50N2O7. The number of aliphatic hydroxyl groups is 3. The molecule has 0 aromatic carbocycles. The van der Waals surface area contributed by atoms with Crippen molar-refractivity contribution < 1.29 is 29.3 Å². The molecule has 0 amide bonds. The number of aliphatic hydroxyl groups excluding tert-OH is 2. The monoisotopic (exact) mass is 574 g/mol. The summed E-state index contributed by atoms with van der Waals surface area (Å²) in [5.74, 6) is 0.777. The van der Waals surface area contributed by atoms with E-state index < -0.39 is 30.1 Å². The second-order valence-electron chi connectivity index (χ2n) is 13.2. The van der Waals surface area contributed by atoms with Crippen LogP contribution >= 0.6 is 0 Å². The Kier molecular flexibility index (Phi) is 8.64. The predicted octanol–water partition coefficient (Wildman–Crippen LogP) is 3.46. The van der Waals surface area contributed by atoms with Crippen molar-refractivity contribution in [2.45, 2.75) is 121 Å². The van der Waals surface area contributed by atoms with Gasteiger partial charge < -0.3 is 30.2 Å². The van der Waals surface area contributed by atoms with Gasteiger partial charge in [-0.25, -0.2) is 4.79 Å². The first-order valence-electron chi connectivity index (χ1n) is 15.6. The number of nitrogens with zero attached hydrogens (tertiary/aromatic N) is 1. The highest BCUT2D eigenvalue weighted by atomic mass is 16.7. The first kappa shape index (κ1) is 30.9. The lowest BCUT2D eigenvalue weighted by Gasteiger charge is -2.62. The Morgan fingerprint density at radius 1 is 1.02 bits per heavy atom. The molecule has 1 saturated heterocycles. The SMILES string of the molecule is CC.CON(C1C=C2CCC3C(CCC4(C)C(c5ccc(=O)oc5)CCC34O)C2(C)CC1)C1OCC(N)C(O)C1O. The summed E-state index contributed by atoms with van der Waals surface area (Å²) in [5.41, 5.74) is 6.93. The van der Waals surface area contributed by atoms with Crippen molar-refractivity contribution in [1.82, 2.24) is 5.06 Å². The molecule has 1 aromatic rings. The summed E-state index contributed by atoms with van der Waals surface area (Å²) < 4.78 is 11.0. The molecule has 11 unspecified atom stereocenters. The van der Waals surface area contributed by atoms with Gasteiger partial charge in [0.15, 0.2) is 6.23 Å². The van der Waals surface area contributed by atoms with E-state index in [-0.39, 0.29) is 40.9 Å². The number of allylic oxidation sites excluding steroid dienone is 1. The highest BCUT2D eigenvalue weighted by Gasteiger charge is 2.66. The van der Waals surface area contributed by atoms with Crippen molar-refractivity contribution in [2.75, 3.05) is 13.7 Å². The van der Waals surface area contributed by atoms with Gasteiger partial charge in [0, 0.05) is 11.5 Å². The maximum Gasteiger partial charge on any atom is 0.335 e. The summed E-state index contributed by atoms with van der Waals surface area (Å²) in [7, 11) is 1.58. The second kappa shape index (κ2) is 11.5. The average molecular weight is 575 g/mol. The number of hydrogen-bond donors (Lipinski definition) is 4. The third kappa shape index (κ3) is 4.76. The maximum absolute atomic E-state index is 12.5. The van der Waals surface area contributed by atoms with E-state index in [2.05, 4.69) is 19.9 Å². The lowest BCUT2D eigenvalue weighted by molar-refractivity contribution is -0.305. The van der Waals surface area contributed by atoms with Gasteiger partial charge in [-0.2, -0.15) is 5.06 Å². The molecule has 0 radical (unpaired) electrons.